The number of hydrogen-bond donors (Lipinski definition) is 2. The van der Waals surface area contributed by atoms with Gasteiger partial charge in [-0.15, -0.1) is 0 Å². The summed E-state index contributed by atoms with van der Waals surface area (Å²) in [5, 5.41) is 2.75. The van der Waals surface area contributed by atoms with Crippen molar-refractivity contribution in [1.29, 1.82) is 0 Å². The zero-order valence-corrected chi connectivity index (χ0v) is 9.29. The van der Waals surface area contributed by atoms with Crippen LogP contribution in [0.2, 0.25) is 0 Å². The van der Waals surface area contributed by atoms with E-state index in [1.165, 1.54) is 0 Å². The molecule has 3 nitrogen and oxygen atoms in total. The Morgan fingerprint density at radius 3 is 2.73 bits per heavy atom. The van der Waals surface area contributed by atoms with Gasteiger partial charge in [0, 0.05) is 19.0 Å². The van der Waals surface area contributed by atoms with Gasteiger partial charge in [-0.25, -0.2) is 0 Å². The fourth-order valence-electron chi connectivity index (χ4n) is 1.58. The number of aryl methyl sites for hydroxylation is 1. The summed E-state index contributed by atoms with van der Waals surface area (Å²) in [6, 6.07) is 7.68. The maximum Gasteiger partial charge on any atom is 0.221 e. The number of nitrogens with two attached hydrogens (primary N) is 1. The molecule has 0 aliphatic rings. The Kier molecular flexibility index (Phi) is 4.31. The fourth-order valence-corrected chi connectivity index (χ4v) is 1.58. The molecule has 3 heteroatoms. The lowest BCUT2D eigenvalue weighted by molar-refractivity contribution is -0.121. The van der Waals surface area contributed by atoms with Crippen LogP contribution in [0, 0.1) is 6.92 Å². The van der Waals surface area contributed by atoms with Gasteiger partial charge in [-0.05, 0) is 25.0 Å². The number of carbonyl (C=O) groups excluding carboxylic acids is 1. The van der Waals surface area contributed by atoms with Gasteiger partial charge in [0.2, 0.25) is 5.91 Å². The highest BCUT2D eigenvalue weighted by molar-refractivity contribution is 5.76. The standard InChI is InChI=1S/C12H18N2O/c1-3-14-12(15)8-11(13)10-7-5-4-6-9(10)2/h4-7,11H,3,8,13H2,1-2H3,(H,14,15). The summed E-state index contributed by atoms with van der Waals surface area (Å²) in [5.74, 6) is 0.00764. The first-order valence-corrected chi connectivity index (χ1v) is 5.23. The molecule has 1 aromatic carbocycles. The Bertz CT molecular complexity index is 336. The normalized spacial score (nSPS) is 12.2. The molecule has 0 aromatic heterocycles. The van der Waals surface area contributed by atoms with Crippen molar-refractivity contribution in [3.8, 4) is 0 Å². The fraction of sp³-hybridized carbons (Fsp3) is 0.417. The van der Waals surface area contributed by atoms with Gasteiger partial charge in [-0.3, -0.25) is 4.79 Å². The molecule has 1 rings (SSSR count). The number of rotatable bonds is 4. The van der Waals surface area contributed by atoms with Crippen molar-refractivity contribution >= 4 is 5.91 Å². The molecule has 82 valence electrons. The number of nitrogens with one attached hydrogen (secondary N) is 1. The Morgan fingerprint density at radius 2 is 2.13 bits per heavy atom. The Labute approximate surface area is 90.7 Å². The first-order chi connectivity index (χ1) is 7.15. The molecule has 1 atom stereocenters. The van der Waals surface area contributed by atoms with Crippen LogP contribution in [-0.4, -0.2) is 12.5 Å². The van der Waals surface area contributed by atoms with Gasteiger partial charge in [0.1, 0.15) is 0 Å². The third-order valence-electron chi connectivity index (χ3n) is 2.37. The molecule has 1 amide bonds. The number of benzene rings is 1. The van der Waals surface area contributed by atoms with Crippen molar-refractivity contribution in [2.75, 3.05) is 6.54 Å². The molecule has 0 bridgehead atoms. The van der Waals surface area contributed by atoms with E-state index in [4.69, 9.17) is 5.73 Å². The predicted molar refractivity (Wildman–Crippen MR) is 61.4 cm³/mol. The molecule has 0 radical (unpaired) electrons. The molecular weight excluding hydrogens is 188 g/mol. The largest absolute Gasteiger partial charge is 0.356 e. The van der Waals surface area contributed by atoms with Crippen LogP contribution >= 0.6 is 0 Å². The zero-order chi connectivity index (χ0) is 11.3. The van der Waals surface area contributed by atoms with Crippen molar-refractivity contribution < 1.29 is 4.79 Å². The summed E-state index contributed by atoms with van der Waals surface area (Å²) < 4.78 is 0. The molecule has 0 heterocycles. The molecule has 0 aliphatic heterocycles. The molecule has 1 aromatic rings. The first-order valence-electron chi connectivity index (χ1n) is 5.23. The van der Waals surface area contributed by atoms with Crippen LogP contribution in [-0.2, 0) is 4.79 Å². The molecule has 1 unspecified atom stereocenters. The zero-order valence-electron chi connectivity index (χ0n) is 9.29. The molecule has 3 N–H and O–H groups in total. The van der Waals surface area contributed by atoms with Gasteiger partial charge in [-0.1, -0.05) is 24.3 Å². The van der Waals surface area contributed by atoms with E-state index in [9.17, 15) is 4.79 Å². The van der Waals surface area contributed by atoms with E-state index in [0.29, 0.717) is 13.0 Å². The second-order valence-corrected chi connectivity index (χ2v) is 3.62. The van der Waals surface area contributed by atoms with E-state index in [1.54, 1.807) is 0 Å². The molecule has 0 aliphatic carbocycles. The minimum Gasteiger partial charge on any atom is -0.356 e. The summed E-state index contributed by atoms with van der Waals surface area (Å²) in [7, 11) is 0. The van der Waals surface area contributed by atoms with Gasteiger partial charge in [0.25, 0.3) is 0 Å². The smallest absolute Gasteiger partial charge is 0.221 e. The lowest BCUT2D eigenvalue weighted by Gasteiger charge is -2.13. The monoisotopic (exact) mass is 206 g/mol. The van der Waals surface area contributed by atoms with Crippen LogP contribution in [0.25, 0.3) is 0 Å². The number of amides is 1. The minimum atomic E-state index is -0.210. The highest BCUT2D eigenvalue weighted by Crippen LogP contribution is 2.17. The van der Waals surface area contributed by atoms with Crippen LogP contribution in [0.3, 0.4) is 0 Å². The van der Waals surface area contributed by atoms with E-state index < -0.39 is 0 Å². The Morgan fingerprint density at radius 1 is 1.47 bits per heavy atom. The first kappa shape index (κ1) is 11.7. The topological polar surface area (TPSA) is 55.1 Å². The van der Waals surface area contributed by atoms with Crippen molar-refractivity contribution in [2.45, 2.75) is 26.3 Å². The van der Waals surface area contributed by atoms with Gasteiger partial charge in [-0.2, -0.15) is 0 Å². The third-order valence-corrected chi connectivity index (χ3v) is 2.37. The summed E-state index contributed by atoms with van der Waals surface area (Å²) >= 11 is 0. The lowest BCUT2D eigenvalue weighted by Crippen LogP contribution is -2.27. The quantitative estimate of drug-likeness (QED) is 0.784. The van der Waals surface area contributed by atoms with Crippen molar-refractivity contribution in [2.24, 2.45) is 5.73 Å². The third kappa shape index (κ3) is 3.36. The second-order valence-electron chi connectivity index (χ2n) is 3.62. The SMILES string of the molecule is CCNC(=O)CC(N)c1ccccc1C. The highest BCUT2D eigenvalue weighted by atomic mass is 16.1. The van der Waals surface area contributed by atoms with Crippen molar-refractivity contribution in [3.05, 3.63) is 35.4 Å². The van der Waals surface area contributed by atoms with E-state index in [-0.39, 0.29) is 11.9 Å². The average Bonchev–Trinajstić information content (AvgIpc) is 2.18. The maximum absolute atomic E-state index is 11.3. The van der Waals surface area contributed by atoms with E-state index in [2.05, 4.69) is 5.32 Å². The summed E-state index contributed by atoms with van der Waals surface area (Å²) in [6.45, 7) is 4.56. The molecule has 15 heavy (non-hydrogen) atoms. The van der Waals surface area contributed by atoms with Gasteiger partial charge < -0.3 is 11.1 Å². The highest BCUT2D eigenvalue weighted by Gasteiger charge is 2.12. The van der Waals surface area contributed by atoms with Gasteiger partial charge >= 0.3 is 0 Å². The second kappa shape index (κ2) is 5.51. The van der Waals surface area contributed by atoms with Crippen LogP contribution in [0.1, 0.15) is 30.5 Å². The predicted octanol–water partition coefficient (Wildman–Crippen LogP) is 1.52. The van der Waals surface area contributed by atoms with E-state index >= 15 is 0 Å². The molecular formula is C12H18N2O. The van der Waals surface area contributed by atoms with Crippen LogP contribution in [0.5, 0.6) is 0 Å². The van der Waals surface area contributed by atoms with Crippen LogP contribution in [0.4, 0.5) is 0 Å². The van der Waals surface area contributed by atoms with Gasteiger partial charge in [0.15, 0.2) is 0 Å². The summed E-state index contributed by atoms with van der Waals surface area (Å²) in [5.41, 5.74) is 8.14. The number of carbonyl (C=O) groups is 1. The van der Waals surface area contributed by atoms with Crippen LogP contribution in [0.15, 0.2) is 24.3 Å². The average molecular weight is 206 g/mol. The molecule has 0 saturated heterocycles. The molecule has 0 saturated carbocycles. The summed E-state index contributed by atoms with van der Waals surface area (Å²) in [4.78, 5) is 11.3. The lowest BCUT2D eigenvalue weighted by atomic mass is 9.99. The summed E-state index contributed by atoms with van der Waals surface area (Å²) in [6.07, 6.45) is 0.346. The Balaban J connectivity index is 2.65. The maximum atomic E-state index is 11.3. The molecule has 0 spiro atoms. The van der Waals surface area contributed by atoms with E-state index in [1.807, 2.05) is 38.1 Å². The van der Waals surface area contributed by atoms with Crippen molar-refractivity contribution in [1.82, 2.24) is 5.32 Å². The van der Waals surface area contributed by atoms with Crippen molar-refractivity contribution in [3.63, 3.8) is 0 Å². The minimum absolute atomic E-state index is 0.00764. The Hall–Kier alpha value is -1.35. The van der Waals surface area contributed by atoms with Gasteiger partial charge in [0.05, 0.1) is 0 Å². The van der Waals surface area contributed by atoms with Crippen LogP contribution < -0.4 is 11.1 Å². The molecule has 0 fully saturated rings. The van der Waals surface area contributed by atoms with E-state index in [0.717, 1.165) is 11.1 Å². The number of hydrogen-bond acceptors (Lipinski definition) is 2.